The summed E-state index contributed by atoms with van der Waals surface area (Å²) in [7, 11) is 0. The Labute approximate surface area is 110 Å². The maximum absolute atomic E-state index is 11.0. The van der Waals surface area contributed by atoms with Gasteiger partial charge in [-0.1, -0.05) is 13.0 Å². The summed E-state index contributed by atoms with van der Waals surface area (Å²) in [5, 5.41) is 17.0. The highest BCUT2D eigenvalue weighted by Crippen LogP contribution is 2.29. The van der Waals surface area contributed by atoms with Gasteiger partial charge in [0.1, 0.15) is 5.82 Å². The van der Waals surface area contributed by atoms with Crippen molar-refractivity contribution in [3.05, 3.63) is 41.1 Å². The van der Waals surface area contributed by atoms with E-state index >= 15 is 0 Å². The SMILES string of the molecule is CCc1nn(-c2cccc(C(=O)O)c2)c2c1CCN2. The second-order valence-electron chi connectivity index (χ2n) is 4.57. The first-order chi connectivity index (χ1) is 9.20. The van der Waals surface area contributed by atoms with E-state index in [0.29, 0.717) is 0 Å². The van der Waals surface area contributed by atoms with E-state index in [4.69, 9.17) is 5.11 Å². The minimum Gasteiger partial charge on any atom is -0.478 e. The molecular weight excluding hydrogens is 242 g/mol. The van der Waals surface area contributed by atoms with Crippen molar-refractivity contribution in [2.45, 2.75) is 19.8 Å². The number of hydrogen-bond donors (Lipinski definition) is 2. The average molecular weight is 257 g/mol. The Morgan fingerprint density at radius 3 is 3.11 bits per heavy atom. The van der Waals surface area contributed by atoms with E-state index < -0.39 is 5.97 Å². The van der Waals surface area contributed by atoms with Crippen molar-refractivity contribution in [3.8, 4) is 5.69 Å². The van der Waals surface area contributed by atoms with Crippen LogP contribution in [0.4, 0.5) is 5.82 Å². The summed E-state index contributed by atoms with van der Waals surface area (Å²) >= 11 is 0. The number of fused-ring (bicyclic) bond motifs is 1. The molecule has 2 N–H and O–H groups in total. The van der Waals surface area contributed by atoms with Crippen LogP contribution in [0.3, 0.4) is 0 Å². The smallest absolute Gasteiger partial charge is 0.335 e. The zero-order valence-corrected chi connectivity index (χ0v) is 10.7. The summed E-state index contributed by atoms with van der Waals surface area (Å²) in [5.41, 5.74) is 3.40. The van der Waals surface area contributed by atoms with Gasteiger partial charge in [0.15, 0.2) is 0 Å². The third-order valence-electron chi connectivity index (χ3n) is 3.41. The number of aromatic carboxylic acids is 1. The predicted octanol–water partition coefficient (Wildman–Crippen LogP) is 2.10. The fraction of sp³-hybridized carbons (Fsp3) is 0.286. The second kappa shape index (κ2) is 4.42. The summed E-state index contributed by atoms with van der Waals surface area (Å²) in [4.78, 5) is 11.0. The quantitative estimate of drug-likeness (QED) is 0.883. The molecule has 0 aliphatic carbocycles. The molecule has 3 rings (SSSR count). The number of carbonyl (C=O) groups is 1. The number of rotatable bonds is 3. The van der Waals surface area contributed by atoms with Crippen LogP contribution in [-0.4, -0.2) is 27.4 Å². The van der Waals surface area contributed by atoms with Gasteiger partial charge in [0.25, 0.3) is 0 Å². The number of benzene rings is 1. The van der Waals surface area contributed by atoms with Gasteiger partial charge < -0.3 is 10.4 Å². The molecule has 2 aromatic rings. The minimum absolute atomic E-state index is 0.276. The molecule has 0 amide bonds. The highest BCUT2D eigenvalue weighted by atomic mass is 16.4. The number of nitrogens with one attached hydrogen (secondary N) is 1. The molecule has 0 radical (unpaired) electrons. The Balaban J connectivity index is 2.12. The lowest BCUT2D eigenvalue weighted by Crippen LogP contribution is -2.06. The van der Waals surface area contributed by atoms with Crippen molar-refractivity contribution in [1.29, 1.82) is 0 Å². The Hall–Kier alpha value is -2.30. The number of carboxylic acids is 1. The molecule has 98 valence electrons. The second-order valence-corrected chi connectivity index (χ2v) is 4.57. The van der Waals surface area contributed by atoms with Gasteiger partial charge in [-0.05, 0) is 31.0 Å². The molecule has 1 aromatic carbocycles. The fourth-order valence-corrected chi connectivity index (χ4v) is 2.49. The lowest BCUT2D eigenvalue weighted by Gasteiger charge is -2.07. The summed E-state index contributed by atoms with van der Waals surface area (Å²) in [6.07, 6.45) is 1.87. The highest BCUT2D eigenvalue weighted by molar-refractivity contribution is 5.88. The zero-order chi connectivity index (χ0) is 13.4. The van der Waals surface area contributed by atoms with Crippen LogP contribution in [0.15, 0.2) is 24.3 Å². The monoisotopic (exact) mass is 257 g/mol. The number of aryl methyl sites for hydroxylation is 1. The number of aromatic nitrogens is 2. The maximum Gasteiger partial charge on any atom is 0.335 e. The number of nitrogens with zero attached hydrogens (tertiary/aromatic N) is 2. The minimum atomic E-state index is -0.922. The molecule has 5 nitrogen and oxygen atoms in total. The normalized spacial score (nSPS) is 13.1. The van der Waals surface area contributed by atoms with Crippen molar-refractivity contribution in [3.63, 3.8) is 0 Å². The first-order valence-electron chi connectivity index (χ1n) is 6.39. The van der Waals surface area contributed by atoms with Crippen LogP contribution in [0.5, 0.6) is 0 Å². The highest BCUT2D eigenvalue weighted by Gasteiger charge is 2.22. The molecular formula is C14H15N3O2. The van der Waals surface area contributed by atoms with Gasteiger partial charge in [-0.25, -0.2) is 9.48 Å². The van der Waals surface area contributed by atoms with Crippen LogP contribution < -0.4 is 5.32 Å². The summed E-state index contributed by atoms with van der Waals surface area (Å²) in [6, 6.07) is 6.85. The standard InChI is InChI=1S/C14H15N3O2/c1-2-12-11-6-7-15-13(11)17(16-12)10-5-3-4-9(8-10)14(18)19/h3-5,8,15H,2,6-7H2,1H3,(H,18,19). The van der Waals surface area contributed by atoms with Crippen LogP contribution in [0.2, 0.25) is 0 Å². The van der Waals surface area contributed by atoms with Gasteiger partial charge in [-0.15, -0.1) is 0 Å². The largest absolute Gasteiger partial charge is 0.478 e. The van der Waals surface area contributed by atoms with Gasteiger partial charge in [0.05, 0.1) is 16.9 Å². The van der Waals surface area contributed by atoms with Crippen LogP contribution in [0.25, 0.3) is 5.69 Å². The molecule has 0 unspecified atom stereocenters. The zero-order valence-electron chi connectivity index (χ0n) is 10.7. The molecule has 0 saturated carbocycles. The molecule has 5 heteroatoms. The van der Waals surface area contributed by atoms with E-state index in [-0.39, 0.29) is 5.56 Å². The van der Waals surface area contributed by atoms with Gasteiger partial charge in [-0.3, -0.25) is 0 Å². The Bertz CT molecular complexity index is 646. The van der Waals surface area contributed by atoms with Crippen LogP contribution in [0, 0.1) is 0 Å². The first kappa shape index (κ1) is 11.8. The maximum atomic E-state index is 11.0. The van der Waals surface area contributed by atoms with Crippen LogP contribution in [-0.2, 0) is 12.8 Å². The van der Waals surface area contributed by atoms with Crippen LogP contribution >= 0.6 is 0 Å². The van der Waals surface area contributed by atoms with Gasteiger partial charge in [-0.2, -0.15) is 5.10 Å². The Morgan fingerprint density at radius 1 is 1.53 bits per heavy atom. The van der Waals surface area contributed by atoms with Crippen molar-refractivity contribution >= 4 is 11.8 Å². The van der Waals surface area contributed by atoms with Gasteiger partial charge >= 0.3 is 5.97 Å². The third kappa shape index (κ3) is 1.87. The summed E-state index contributed by atoms with van der Waals surface area (Å²) < 4.78 is 1.81. The summed E-state index contributed by atoms with van der Waals surface area (Å²) in [5.74, 6) is 0.0775. The molecule has 1 aliphatic heterocycles. The van der Waals surface area contributed by atoms with Crippen molar-refractivity contribution in [1.82, 2.24) is 9.78 Å². The average Bonchev–Trinajstić information content (AvgIpc) is 3.00. The number of hydrogen-bond acceptors (Lipinski definition) is 3. The van der Waals surface area contributed by atoms with E-state index in [0.717, 1.165) is 36.6 Å². The number of carboxylic acid groups (broad SMARTS) is 1. The van der Waals surface area contributed by atoms with Crippen molar-refractivity contribution in [2.24, 2.45) is 0 Å². The van der Waals surface area contributed by atoms with E-state index in [1.807, 2.05) is 10.7 Å². The topological polar surface area (TPSA) is 67.2 Å². The molecule has 1 aliphatic rings. The molecule has 1 aromatic heterocycles. The van der Waals surface area contributed by atoms with Crippen molar-refractivity contribution in [2.75, 3.05) is 11.9 Å². The Morgan fingerprint density at radius 2 is 2.37 bits per heavy atom. The molecule has 0 spiro atoms. The summed E-state index contributed by atoms with van der Waals surface area (Å²) in [6.45, 7) is 3.00. The lowest BCUT2D eigenvalue weighted by molar-refractivity contribution is 0.0697. The predicted molar refractivity (Wildman–Crippen MR) is 72.1 cm³/mol. The van der Waals surface area contributed by atoms with Crippen LogP contribution in [0.1, 0.15) is 28.5 Å². The Kier molecular flexibility index (Phi) is 2.74. The molecule has 0 saturated heterocycles. The molecule has 0 atom stereocenters. The fourth-order valence-electron chi connectivity index (χ4n) is 2.49. The molecule has 0 bridgehead atoms. The first-order valence-corrected chi connectivity index (χ1v) is 6.39. The van der Waals surface area contributed by atoms with Gasteiger partial charge in [0.2, 0.25) is 0 Å². The molecule has 0 fully saturated rings. The van der Waals surface area contributed by atoms with E-state index in [1.54, 1.807) is 18.2 Å². The molecule has 19 heavy (non-hydrogen) atoms. The third-order valence-corrected chi connectivity index (χ3v) is 3.41. The van der Waals surface area contributed by atoms with E-state index in [2.05, 4.69) is 17.3 Å². The van der Waals surface area contributed by atoms with E-state index in [9.17, 15) is 4.79 Å². The van der Waals surface area contributed by atoms with Gasteiger partial charge in [0, 0.05) is 12.1 Å². The molecule has 2 heterocycles. The van der Waals surface area contributed by atoms with E-state index in [1.165, 1.54) is 5.56 Å². The van der Waals surface area contributed by atoms with Crippen molar-refractivity contribution < 1.29 is 9.90 Å². The number of anilines is 1. The lowest BCUT2D eigenvalue weighted by atomic mass is 10.1.